The van der Waals surface area contributed by atoms with Crippen LogP contribution in [0.25, 0.3) is 0 Å². The lowest BCUT2D eigenvalue weighted by atomic mass is 9.99. The van der Waals surface area contributed by atoms with Gasteiger partial charge in [-0.3, -0.25) is 0 Å². The van der Waals surface area contributed by atoms with E-state index < -0.39 is 6.16 Å². The summed E-state index contributed by atoms with van der Waals surface area (Å²) in [6, 6.07) is 0. The first kappa shape index (κ1) is 13.8. The second kappa shape index (κ2) is 7.10. The average Bonchev–Trinajstić information content (AvgIpc) is 2.08. The maximum absolute atomic E-state index is 11.0. The minimum absolute atomic E-state index is 0.00508. The van der Waals surface area contributed by atoms with E-state index in [2.05, 4.69) is 15.9 Å². The Bertz CT molecular complexity index is 163. The highest BCUT2D eigenvalue weighted by Crippen LogP contribution is 2.13. The minimum atomic E-state index is -0.561. The normalized spacial score (nSPS) is 11.1. The van der Waals surface area contributed by atoms with E-state index in [1.807, 2.05) is 20.8 Å². The van der Waals surface area contributed by atoms with E-state index in [0.29, 0.717) is 13.2 Å². The van der Waals surface area contributed by atoms with Crippen LogP contribution in [0.4, 0.5) is 4.79 Å². The molecule has 0 aromatic rings. The van der Waals surface area contributed by atoms with Gasteiger partial charge in [-0.2, -0.15) is 0 Å². The predicted molar refractivity (Wildman–Crippen MR) is 59.8 cm³/mol. The van der Waals surface area contributed by atoms with E-state index in [1.165, 1.54) is 0 Å². The van der Waals surface area contributed by atoms with Crippen molar-refractivity contribution in [2.45, 2.75) is 33.6 Å². The summed E-state index contributed by atoms with van der Waals surface area (Å²) >= 11 is 3.30. The second-order valence-corrected chi connectivity index (χ2v) is 5.14. The van der Waals surface area contributed by atoms with Crippen LogP contribution in [0, 0.1) is 5.41 Å². The van der Waals surface area contributed by atoms with E-state index in [9.17, 15) is 4.79 Å². The van der Waals surface area contributed by atoms with Gasteiger partial charge < -0.3 is 9.47 Å². The van der Waals surface area contributed by atoms with Gasteiger partial charge in [-0.15, -0.1) is 0 Å². The quantitative estimate of drug-likeness (QED) is 0.435. The Morgan fingerprint density at radius 2 is 1.86 bits per heavy atom. The molecule has 0 aliphatic rings. The number of carbonyl (C=O) groups is 1. The lowest BCUT2D eigenvalue weighted by Crippen LogP contribution is -2.19. The third-order valence-electron chi connectivity index (χ3n) is 1.37. The van der Waals surface area contributed by atoms with E-state index in [1.54, 1.807) is 0 Å². The summed E-state index contributed by atoms with van der Waals surface area (Å²) in [5.74, 6) is 0. The highest BCUT2D eigenvalue weighted by Gasteiger charge is 2.14. The van der Waals surface area contributed by atoms with Gasteiger partial charge in [0.2, 0.25) is 0 Å². The number of carbonyl (C=O) groups excluding carboxylic acids is 1. The Morgan fingerprint density at radius 1 is 1.21 bits per heavy atom. The highest BCUT2D eigenvalue weighted by atomic mass is 79.9. The molecule has 0 aliphatic heterocycles. The molecule has 0 N–H and O–H groups in total. The summed E-state index contributed by atoms with van der Waals surface area (Å²) < 4.78 is 9.77. The first-order chi connectivity index (χ1) is 6.45. The average molecular weight is 267 g/mol. The largest absolute Gasteiger partial charge is 0.508 e. The van der Waals surface area contributed by atoms with Crippen LogP contribution >= 0.6 is 15.9 Å². The number of halogens is 1. The van der Waals surface area contributed by atoms with Crippen LogP contribution in [0.15, 0.2) is 0 Å². The Morgan fingerprint density at radius 3 is 2.36 bits per heavy atom. The van der Waals surface area contributed by atoms with Crippen molar-refractivity contribution in [3.05, 3.63) is 0 Å². The van der Waals surface area contributed by atoms with Crippen molar-refractivity contribution < 1.29 is 14.3 Å². The SMILES string of the molecule is CC(C)(C)COC(=O)OCCCCBr. The van der Waals surface area contributed by atoms with Crippen LogP contribution in [-0.4, -0.2) is 24.7 Å². The van der Waals surface area contributed by atoms with Gasteiger partial charge in [-0.05, 0) is 18.3 Å². The summed E-state index contributed by atoms with van der Waals surface area (Å²) in [4.78, 5) is 11.0. The number of hydrogen-bond donors (Lipinski definition) is 0. The lowest BCUT2D eigenvalue weighted by Gasteiger charge is -2.17. The second-order valence-electron chi connectivity index (χ2n) is 4.34. The maximum Gasteiger partial charge on any atom is 0.508 e. The summed E-state index contributed by atoms with van der Waals surface area (Å²) in [6.07, 6.45) is 1.32. The summed E-state index contributed by atoms with van der Waals surface area (Å²) in [7, 11) is 0. The van der Waals surface area contributed by atoms with Crippen molar-refractivity contribution in [3.63, 3.8) is 0 Å². The highest BCUT2D eigenvalue weighted by molar-refractivity contribution is 9.09. The molecule has 0 spiro atoms. The number of hydrogen-bond acceptors (Lipinski definition) is 3. The fourth-order valence-electron chi connectivity index (χ4n) is 0.669. The lowest BCUT2D eigenvalue weighted by molar-refractivity contribution is 0.0327. The number of alkyl halides is 1. The van der Waals surface area contributed by atoms with Crippen molar-refractivity contribution in [1.82, 2.24) is 0 Å². The fraction of sp³-hybridized carbons (Fsp3) is 0.900. The molecule has 0 aromatic carbocycles. The molecule has 0 fully saturated rings. The van der Waals surface area contributed by atoms with Crippen LogP contribution in [0.1, 0.15) is 33.6 Å². The van der Waals surface area contributed by atoms with Crippen molar-refractivity contribution in [1.29, 1.82) is 0 Å². The fourth-order valence-corrected chi connectivity index (χ4v) is 1.07. The van der Waals surface area contributed by atoms with Crippen molar-refractivity contribution in [2.24, 2.45) is 5.41 Å². The summed E-state index contributed by atoms with van der Waals surface area (Å²) in [6.45, 7) is 6.85. The number of ether oxygens (including phenoxy) is 2. The Balaban J connectivity index is 3.38. The monoisotopic (exact) mass is 266 g/mol. The Kier molecular flexibility index (Phi) is 6.97. The van der Waals surface area contributed by atoms with Gasteiger partial charge in [0.25, 0.3) is 0 Å². The molecule has 0 unspecified atom stereocenters. The van der Waals surface area contributed by atoms with Crippen LogP contribution in [0.3, 0.4) is 0 Å². The first-order valence-electron chi connectivity index (χ1n) is 4.81. The van der Waals surface area contributed by atoms with E-state index in [0.717, 1.165) is 18.2 Å². The number of unbranched alkanes of at least 4 members (excludes halogenated alkanes) is 1. The van der Waals surface area contributed by atoms with Crippen LogP contribution in [-0.2, 0) is 9.47 Å². The zero-order chi connectivity index (χ0) is 11.0. The molecule has 0 saturated heterocycles. The molecule has 0 radical (unpaired) electrons. The molecule has 0 bridgehead atoms. The third-order valence-corrected chi connectivity index (χ3v) is 1.93. The molecule has 0 aliphatic carbocycles. The third kappa shape index (κ3) is 9.84. The van der Waals surface area contributed by atoms with E-state index in [4.69, 9.17) is 9.47 Å². The minimum Gasteiger partial charge on any atom is -0.434 e. The molecule has 4 heteroatoms. The van der Waals surface area contributed by atoms with E-state index >= 15 is 0 Å². The molecule has 14 heavy (non-hydrogen) atoms. The molecular formula is C10H19BrO3. The van der Waals surface area contributed by atoms with Gasteiger partial charge in [-0.1, -0.05) is 36.7 Å². The van der Waals surface area contributed by atoms with Crippen molar-refractivity contribution in [2.75, 3.05) is 18.5 Å². The Labute approximate surface area is 94.3 Å². The number of rotatable bonds is 5. The zero-order valence-corrected chi connectivity index (χ0v) is 10.7. The predicted octanol–water partition coefficient (Wildman–Crippen LogP) is 3.36. The van der Waals surface area contributed by atoms with Gasteiger partial charge in [0.1, 0.15) is 0 Å². The molecule has 3 nitrogen and oxygen atoms in total. The van der Waals surface area contributed by atoms with Crippen molar-refractivity contribution >= 4 is 22.1 Å². The zero-order valence-electron chi connectivity index (χ0n) is 9.14. The van der Waals surface area contributed by atoms with E-state index in [-0.39, 0.29) is 5.41 Å². The summed E-state index contributed by atoms with van der Waals surface area (Å²) in [5.41, 5.74) is -0.00508. The molecule has 84 valence electrons. The molecule has 0 rings (SSSR count). The van der Waals surface area contributed by atoms with Crippen LogP contribution in [0.5, 0.6) is 0 Å². The van der Waals surface area contributed by atoms with Gasteiger partial charge in [0.15, 0.2) is 0 Å². The van der Waals surface area contributed by atoms with Gasteiger partial charge in [-0.25, -0.2) is 4.79 Å². The van der Waals surface area contributed by atoms with Gasteiger partial charge in [0.05, 0.1) is 13.2 Å². The molecule has 0 amide bonds. The molecule has 0 atom stereocenters. The molecule has 0 heterocycles. The topological polar surface area (TPSA) is 35.5 Å². The maximum atomic E-state index is 11.0. The molecule has 0 saturated carbocycles. The summed E-state index contributed by atoms with van der Waals surface area (Å²) in [5, 5.41) is 0.938. The van der Waals surface area contributed by atoms with Gasteiger partial charge >= 0.3 is 6.16 Å². The smallest absolute Gasteiger partial charge is 0.434 e. The van der Waals surface area contributed by atoms with Crippen LogP contribution < -0.4 is 0 Å². The molecule has 0 aromatic heterocycles. The standard InChI is InChI=1S/C10H19BrO3/c1-10(2,3)8-14-9(12)13-7-5-4-6-11/h4-8H2,1-3H3. The van der Waals surface area contributed by atoms with Gasteiger partial charge in [0, 0.05) is 5.33 Å². The Hall–Kier alpha value is -0.250. The van der Waals surface area contributed by atoms with Crippen LogP contribution in [0.2, 0.25) is 0 Å². The molecular weight excluding hydrogens is 248 g/mol. The van der Waals surface area contributed by atoms with Crippen molar-refractivity contribution in [3.8, 4) is 0 Å². The first-order valence-corrected chi connectivity index (χ1v) is 5.93.